The molecule has 2 heterocycles. The van der Waals surface area contributed by atoms with E-state index in [0.29, 0.717) is 19.5 Å². The van der Waals surface area contributed by atoms with Crippen LogP contribution in [0.2, 0.25) is 10.0 Å². The fourth-order valence-electron chi connectivity index (χ4n) is 4.74. The topological polar surface area (TPSA) is 101 Å². The molecule has 1 aromatic heterocycles. The van der Waals surface area contributed by atoms with Crippen LogP contribution in [0.5, 0.6) is 0 Å². The van der Waals surface area contributed by atoms with Crippen molar-refractivity contribution >= 4 is 49.8 Å². The average Bonchev–Trinajstić information content (AvgIpc) is 3.27. The lowest BCUT2D eigenvalue weighted by atomic mass is 10.0. The molecule has 1 N–H and O–H groups in total. The van der Waals surface area contributed by atoms with Gasteiger partial charge in [0.1, 0.15) is 0 Å². The van der Waals surface area contributed by atoms with E-state index in [-0.39, 0.29) is 67.8 Å². The van der Waals surface area contributed by atoms with Gasteiger partial charge in [-0.1, -0.05) is 30.1 Å². The largest absolute Gasteiger partial charge is 0.416 e. The molecule has 4 rings (SSSR count). The quantitative estimate of drug-likeness (QED) is 0.432. The number of nitrogens with zero attached hydrogens (tertiary/aromatic N) is 3. The number of benzene rings is 2. The van der Waals surface area contributed by atoms with E-state index in [1.807, 2.05) is 0 Å². The Balaban J connectivity index is 1.78. The molecule has 0 spiro atoms. The molecule has 0 unspecified atom stereocenters. The smallest absolute Gasteiger partial charge is 0.352 e. The minimum absolute atomic E-state index is 0.0334. The number of rotatable bonds is 7. The summed E-state index contributed by atoms with van der Waals surface area (Å²) >= 11 is 12.5. The molecule has 210 valence electrons. The number of likely N-dealkylation sites (tertiary alicyclic amines) is 1. The predicted octanol–water partition coefficient (Wildman–Crippen LogP) is 4.27. The zero-order chi connectivity index (χ0) is 28.7. The number of carbonyl (C=O) groups is 1. The number of sulfone groups is 1. The summed E-state index contributed by atoms with van der Waals surface area (Å²) in [4.78, 5) is 30.6. The molecular weight excluding hydrogens is 580 g/mol. The Kier molecular flexibility index (Phi) is 8.32. The number of nitrogens with one attached hydrogen (secondary N) is 1. The Hall–Kier alpha value is -2.67. The van der Waals surface area contributed by atoms with Crippen LogP contribution in [0.3, 0.4) is 0 Å². The third kappa shape index (κ3) is 6.24. The van der Waals surface area contributed by atoms with Gasteiger partial charge in [-0.3, -0.25) is 19.1 Å². The van der Waals surface area contributed by atoms with Crippen LogP contribution in [0.1, 0.15) is 37.0 Å². The number of hydrogen-bond acceptors (Lipinski definition) is 6. The molecule has 1 amide bonds. The van der Waals surface area contributed by atoms with Gasteiger partial charge in [-0.15, -0.1) is 0 Å². The number of aromatic nitrogens is 2. The van der Waals surface area contributed by atoms with Gasteiger partial charge in [0.25, 0.3) is 5.56 Å². The van der Waals surface area contributed by atoms with Crippen molar-refractivity contribution in [2.75, 3.05) is 18.8 Å². The molecule has 1 saturated heterocycles. The van der Waals surface area contributed by atoms with Crippen molar-refractivity contribution in [1.82, 2.24) is 19.8 Å². The number of amides is 1. The second kappa shape index (κ2) is 11.1. The van der Waals surface area contributed by atoms with Crippen LogP contribution >= 0.6 is 23.2 Å². The van der Waals surface area contributed by atoms with Crippen LogP contribution in [0.15, 0.2) is 40.3 Å². The first-order valence-corrected chi connectivity index (χ1v) is 14.4. The van der Waals surface area contributed by atoms with Crippen molar-refractivity contribution < 1.29 is 26.4 Å². The fourth-order valence-corrected chi connectivity index (χ4v) is 6.36. The lowest BCUT2D eigenvalue weighted by Gasteiger charge is -2.22. The Morgan fingerprint density at radius 2 is 1.92 bits per heavy atom. The summed E-state index contributed by atoms with van der Waals surface area (Å²) in [6, 6.07) is 4.68. The second-order valence-electron chi connectivity index (χ2n) is 9.36. The van der Waals surface area contributed by atoms with Gasteiger partial charge in [0.05, 0.1) is 45.0 Å². The molecule has 1 atom stereocenters. The maximum absolute atomic E-state index is 14.2. The first-order chi connectivity index (χ1) is 18.2. The monoisotopic (exact) mass is 604 g/mol. The number of alkyl halides is 3. The van der Waals surface area contributed by atoms with Crippen LogP contribution in [0, 0.1) is 0 Å². The summed E-state index contributed by atoms with van der Waals surface area (Å²) in [7, 11) is -3.67. The molecular formula is C25H25Cl2F3N4O4S. The molecule has 0 aliphatic carbocycles. The molecule has 0 saturated carbocycles. The average molecular weight is 605 g/mol. The SMILES string of the molecule is CCS(=O)(=O)c1ccc(Cl)cc1Cn1cnc2c(Cl)c(CN3CC[C@@H](NC(C)=O)C3)c(C(F)(F)F)cc2c1=O. The molecule has 0 radical (unpaired) electrons. The normalized spacial score (nSPS) is 16.6. The summed E-state index contributed by atoms with van der Waals surface area (Å²) < 4.78 is 68.7. The summed E-state index contributed by atoms with van der Waals surface area (Å²) in [5, 5.41) is 2.36. The van der Waals surface area contributed by atoms with Crippen LogP contribution in [-0.4, -0.2) is 53.7 Å². The Labute approximate surface area is 232 Å². The van der Waals surface area contributed by atoms with E-state index in [1.54, 1.807) is 4.90 Å². The summed E-state index contributed by atoms with van der Waals surface area (Å²) in [5.41, 5.74) is -1.97. The molecule has 1 fully saturated rings. The predicted molar refractivity (Wildman–Crippen MR) is 142 cm³/mol. The lowest BCUT2D eigenvalue weighted by Crippen LogP contribution is -2.35. The molecule has 1 aliphatic heterocycles. The number of carbonyl (C=O) groups excluding carboxylic acids is 1. The minimum atomic E-state index is -4.81. The van der Waals surface area contributed by atoms with Gasteiger partial charge in [0, 0.05) is 37.6 Å². The van der Waals surface area contributed by atoms with E-state index in [1.165, 1.54) is 32.0 Å². The maximum Gasteiger partial charge on any atom is 0.416 e. The number of fused-ring (bicyclic) bond motifs is 1. The number of halogens is 5. The molecule has 3 aromatic rings. The Bertz CT molecular complexity index is 1610. The molecule has 14 heteroatoms. The van der Waals surface area contributed by atoms with Crippen molar-refractivity contribution in [1.29, 1.82) is 0 Å². The highest BCUT2D eigenvalue weighted by Crippen LogP contribution is 2.39. The summed E-state index contributed by atoms with van der Waals surface area (Å²) in [6.07, 6.45) is -3.11. The fraction of sp³-hybridized carbons (Fsp3) is 0.400. The van der Waals surface area contributed by atoms with Crippen molar-refractivity contribution in [3.8, 4) is 0 Å². The molecule has 2 aromatic carbocycles. The highest BCUT2D eigenvalue weighted by molar-refractivity contribution is 7.91. The first-order valence-electron chi connectivity index (χ1n) is 12.0. The third-order valence-corrected chi connectivity index (χ3v) is 9.08. The van der Waals surface area contributed by atoms with Crippen molar-refractivity contribution in [2.24, 2.45) is 0 Å². The Morgan fingerprint density at radius 3 is 2.56 bits per heavy atom. The Morgan fingerprint density at radius 1 is 1.21 bits per heavy atom. The van der Waals surface area contributed by atoms with Gasteiger partial charge in [-0.25, -0.2) is 13.4 Å². The van der Waals surface area contributed by atoms with Crippen LogP contribution in [0.4, 0.5) is 13.2 Å². The third-order valence-electron chi connectivity index (χ3n) is 6.60. The van der Waals surface area contributed by atoms with E-state index in [2.05, 4.69) is 10.3 Å². The zero-order valence-corrected chi connectivity index (χ0v) is 23.3. The van der Waals surface area contributed by atoms with Gasteiger partial charge < -0.3 is 5.32 Å². The van der Waals surface area contributed by atoms with Gasteiger partial charge in [-0.2, -0.15) is 13.2 Å². The highest BCUT2D eigenvalue weighted by Gasteiger charge is 2.37. The first kappa shape index (κ1) is 29.3. The second-order valence-corrected chi connectivity index (χ2v) is 12.4. The zero-order valence-electron chi connectivity index (χ0n) is 21.0. The van der Waals surface area contributed by atoms with Gasteiger partial charge >= 0.3 is 6.18 Å². The highest BCUT2D eigenvalue weighted by atomic mass is 35.5. The summed E-state index contributed by atoms with van der Waals surface area (Å²) in [5.74, 6) is -0.415. The van der Waals surface area contributed by atoms with Crippen LogP contribution < -0.4 is 10.9 Å². The van der Waals surface area contributed by atoms with E-state index in [4.69, 9.17) is 23.2 Å². The molecule has 0 bridgehead atoms. The standard InChI is InChI=1S/C25H25Cl2F3N4O4S/c1-3-39(37,38)21-5-4-16(26)8-15(21)10-34-13-31-23-18(24(34)36)9-20(25(28,29)30)19(22(23)27)12-33-7-6-17(11-33)32-14(2)35/h4-5,8-9,13,17H,3,6-7,10-12H2,1-2H3,(H,32,35)/t17-/m1/s1. The van der Waals surface area contributed by atoms with Gasteiger partial charge in [0.2, 0.25) is 5.91 Å². The summed E-state index contributed by atoms with van der Waals surface area (Å²) in [6.45, 7) is 3.22. The molecule has 8 nitrogen and oxygen atoms in total. The van der Waals surface area contributed by atoms with Gasteiger partial charge in [-0.05, 0) is 41.8 Å². The van der Waals surface area contributed by atoms with Gasteiger partial charge in [0.15, 0.2) is 9.84 Å². The van der Waals surface area contributed by atoms with E-state index < -0.39 is 27.1 Å². The number of hydrogen-bond donors (Lipinski definition) is 1. The lowest BCUT2D eigenvalue weighted by molar-refractivity contribution is -0.138. The van der Waals surface area contributed by atoms with Crippen LogP contribution in [0.25, 0.3) is 10.9 Å². The minimum Gasteiger partial charge on any atom is -0.352 e. The van der Waals surface area contributed by atoms with Crippen LogP contribution in [-0.2, 0) is 33.9 Å². The maximum atomic E-state index is 14.2. The molecule has 39 heavy (non-hydrogen) atoms. The van der Waals surface area contributed by atoms with Crippen molar-refractivity contribution in [3.05, 3.63) is 67.7 Å². The van der Waals surface area contributed by atoms with E-state index in [0.717, 1.165) is 17.0 Å². The van der Waals surface area contributed by atoms with E-state index >= 15 is 0 Å². The van der Waals surface area contributed by atoms with Crippen molar-refractivity contribution in [3.63, 3.8) is 0 Å². The van der Waals surface area contributed by atoms with E-state index in [9.17, 15) is 31.2 Å². The molecule has 1 aliphatic rings. The van der Waals surface area contributed by atoms with Crippen molar-refractivity contribution in [2.45, 2.75) is 50.5 Å².